The minimum absolute atomic E-state index is 0.0240. The van der Waals surface area contributed by atoms with Crippen LogP contribution in [0.25, 0.3) is 10.8 Å². The van der Waals surface area contributed by atoms with Gasteiger partial charge in [0.1, 0.15) is 23.5 Å². The van der Waals surface area contributed by atoms with Crippen LogP contribution in [0.5, 0.6) is 5.75 Å². The number of aryl methyl sites for hydroxylation is 4. The number of halogens is 2. The standard InChI is InChI=1S/C34H35F2NO/c1-2-3-4-5-6-21-38-31-18-11-25(12-19-31)7-8-26-13-20-32-29(22-26)17-16-28(34(32)36)14-9-27-10-15-30(24-37)33(35)23-27/h10-13,15-20,22-23H,2-9,14,21H2,1H3. The van der Waals surface area contributed by atoms with Crippen molar-refractivity contribution in [3.63, 3.8) is 0 Å². The Bertz CT molecular complexity index is 1390. The van der Waals surface area contributed by atoms with Gasteiger partial charge in [0.05, 0.1) is 12.2 Å². The molecule has 0 radical (unpaired) electrons. The molecule has 0 aliphatic rings. The Kier molecular flexibility index (Phi) is 9.87. The third-order valence-corrected chi connectivity index (χ3v) is 7.08. The van der Waals surface area contributed by atoms with Crippen molar-refractivity contribution in [2.75, 3.05) is 6.61 Å². The zero-order valence-corrected chi connectivity index (χ0v) is 22.1. The summed E-state index contributed by atoms with van der Waals surface area (Å²) in [5.74, 6) is 0.170. The summed E-state index contributed by atoms with van der Waals surface area (Å²) in [6.45, 7) is 2.99. The van der Waals surface area contributed by atoms with Crippen LogP contribution in [-0.4, -0.2) is 6.61 Å². The lowest BCUT2D eigenvalue weighted by atomic mass is 9.97. The first-order valence-corrected chi connectivity index (χ1v) is 13.7. The highest BCUT2D eigenvalue weighted by Crippen LogP contribution is 2.25. The Morgan fingerprint density at radius 3 is 2.16 bits per heavy atom. The van der Waals surface area contributed by atoms with Crippen LogP contribution in [0.3, 0.4) is 0 Å². The van der Waals surface area contributed by atoms with Crippen LogP contribution in [0.2, 0.25) is 0 Å². The maximum atomic E-state index is 15.2. The van der Waals surface area contributed by atoms with Crippen LogP contribution in [-0.2, 0) is 25.7 Å². The van der Waals surface area contributed by atoms with Gasteiger partial charge in [-0.2, -0.15) is 5.26 Å². The zero-order valence-electron chi connectivity index (χ0n) is 22.1. The van der Waals surface area contributed by atoms with E-state index in [9.17, 15) is 4.39 Å². The number of hydrogen-bond acceptors (Lipinski definition) is 2. The maximum absolute atomic E-state index is 15.2. The monoisotopic (exact) mass is 511 g/mol. The van der Waals surface area contributed by atoms with Crippen molar-refractivity contribution in [1.29, 1.82) is 5.26 Å². The SMILES string of the molecule is CCCCCCCOc1ccc(CCc2ccc3c(F)c(CCc4ccc(C#N)c(F)c4)ccc3c2)cc1. The average molecular weight is 512 g/mol. The third kappa shape index (κ3) is 7.42. The van der Waals surface area contributed by atoms with E-state index in [0.29, 0.717) is 23.8 Å². The van der Waals surface area contributed by atoms with Gasteiger partial charge in [0.15, 0.2) is 0 Å². The van der Waals surface area contributed by atoms with Gasteiger partial charge in [-0.1, -0.05) is 81.1 Å². The lowest BCUT2D eigenvalue weighted by Crippen LogP contribution is -1.98. The van der Waals surface area contributed by atoms with Gasteiger partial charge in [0, 0.05) is 5.39 Å². The molecular formula is C34H35F2NO. The fraction of sp³-hybridized carbons (Fsp3) is 0.324. The molecule has 0 unspecified atom stereocenters. The smallest absolute Gasteiger partial charge is 0.141 e. The molecule has 196 valence electrons. The molecular weight excluding hydrogens is 476 g/mol. The Balaban J connectivity index is 1.30. The molecule has 0 amide bonds. The Labute approximate surface area is 224 Å². The maximum Gasteiger partial charge on any atom is 0.141 e. The highest BCUT2D eigenvalue weighted by Gasteiger charge is 2.10. The van der Waals surface area contributed by atoms with Gasteiger partial charge in [-0.15, -0.1) is 0 Å². The largest absolute Gasteiger partial charge is 0.494 e. The molecule has 0 saturated carbocycles. The normalized spacial score (nSPS) is 11.0. The van der Waals surface area contributed by atoms with Gasteiger partial charge in [-0.05, 0) is 84.0 Å². The number of fused-ring (bicyclic) bond motifs is 1. The van der Waals surface area contributed by atoms with Crippen molar-refractivity contribution in [2.24, 2.45) is 0 Å². The molecule has 0 fully saturated rings. The second-order valence-corrected chi connectivity index (χ2v) is 9.93. The molecule has 0 atom stereocenters. The van der Waals surface area contributed by atoms with Gasteiger partial charge >= 0.3 is 0 Å². The first-order chi connectivity index (χ1) is 18.6. The van der Waals surface area contributed by atoms with Gasteiger partial charge in [-0.25, -0.2) is 8.78 Å². The summed E-state index contributed by atoms with van der Waals surface area (Å²) < 4.78 is 35.0. The molecule has 0 aliphatic heterocycles. The fourth-order valence-corrected chi connectivity index (χ4v) is 4.76. The number of nitriles is 1. The first kappa shape index (κ1) is 27.3. The second kappa shape index (κ2) is 13.7. The third-order valence-electron chi connectivity index (χ3n) is 7.08. The summed E-state index contributed by atoms with van der Waals surface area (Å²) in [5.41, 5.74) is 3.80. The zero-order chi connectivity index (χ0) is 26.7. The van der Waals surface area contributed by atoms with Crippen LogP contribution < -0.4 is 4.74 Å². The molecule has 2 nitrogen and oxygen atoms in total. The summed E-state index contributed by atoms with van der Waals surface area (Å²) in [5, 5.41) is 10.4. The minimum atomic E-state index is -0.533. The molecule has 4 aromatic rings. The van der Waals surface area contributed by atoms with Crippen molar-refractivity contribution in [2.45, 2.75) is 64.7 Å². The minimum Gasteiger partial charge on any atom is -0.494 e. The second-order valence-electron chi connectivity index (χ2n) is 9.93. The van der Waals surface area contributed by atoms with E-state index < -0.39 is 5.82 Å². The van der Waals surface area contributed by atoms with Crippen LogP contribution in [0, 0.1) is 23.0 Å². The van der Waals surface area contributed by atoms with Crippen molar-refractivity contribution in [1.82, 2.24) is 0 Å². The summed E-state index contributed by atoms with van der Waals surface area (Å²) in [6, 6.07) is 24.4. The van der Waals surface area contributed by atoms with Crippen LogP contribution in [0.4, 0.5) is 8.78 Å². The van der Waals surface area contributed by atoms with Gasteiger partial charge in [0.25, 0.3) is 0 Å². The Morgan fingerprint density at radius 1 is 0.711 bits per heavy atom. The van der Waals surface area contributed by atoms with E-state index in [1.54, 1.807) is 6.07 Å². The average Bonchev–Trinajstić information content (AvgIpc) is 2.94. The Hall–Kier alpha value is -3.71. The molecule has 0 aromatic heterocycles. The van der Waals surface area contributed by atoms with E-state index in [-0.39, 0.29) is 11.4 Å². The van der Waals surface area contributed by atoms with Crippen molar-refractivity contribution < 1.29 is 13.5 Å². The summed E-state index contributed by atoms with van der Waals surface area (Å²) in [6.07, 6.45) is 8.91. The number of unbranched alkanes of at least 4 members (excludes halogenated alkanes) is 4. The topological polar surface area (TPSA) is 33.0 Å². The fourth-order valence-electron chi connectivity index (χ4n) is 4.76. The quantitative estimate of drug-likeness (QED) is 0.168. The highest BCUT2D eigenvalue weighted by molar-refractivity contribution is 5.84. The van der Waals surface area contributed by atoms with Gasteiger partial charge in [-0.3, -0.25) is 0 Å². The van der Waals surface area contributed by atoms with Crippen molar-refractivity contribution >= 4 is 10.8 Å². The molecule has 0 spiro atoms. The molecule has 38 heavy (non-hydrogen) atoms. The molecule has 0 saturated heterocycles. The number of nitrogens with zero attached hydrogens (tertiary/aromatic N) is 1. The molecule has 4 aromatic carbocycles. The lowest BCUT2D eigenvalue weighted by molar-refractivity contribution is 0.304. The van der Waals surface area contributed by atoms with Crippen LogP contribution in [0.1, 0.15) is 66.8 Å². The van der Waals surface area contributed by atoms with Crippen LogP contribution in [0.15, 0.2) is 72.8 Å². The molecule has 0 N–H and O–H groups in total. The number of hydrogen-bond donors (Lipinski definition) is 0. The number of ether oxygens (including phenoxy) is 1. The van der Waals surface area contributed by atoms with E-state index in [1.165, 1.54) is 48.9 Å². The van der Waals surface area contributed by atoms with Crippen molar-refractivity contribution in [3.8, 4) is 11.8 Å². The molecule has 4 heteroatoms. The lowest BCUT2D eigenvalue weighted by Gasteiger charge is -2.10. The first-order valence-electron chi connectivity index (χ1n) is 13.7. The highest BCUT2D eigenvalue weighted by atomic mass is 19.1. The van der Waals surface area contributed by atoms with E-state index in [1.807, 2.05) is 42.5 Å². The van der Waals surface area contributed by atoms with E-state index in [4.69, 9.17) is 10.00 Å². The van der Waals surface area contributed by atoms with Crippen LogP contribution >= 0.6 is 0 Å². The van der Waals surface area contributed by atoms with Gasteiger partial charge < -0.3 is 4.74 Å². The Morgan fingerprint density at radius 2 is 1.39 bits per heavy atom. The molecule has 0 aliphatic carbocycles. The molecule has 0 heterocycles. The molecule has 0 bridgehead atoms. The van der Waals surface area contributed by atoms with Crippen molar-refractivity contribution in [3.05, 3.63) is 112 Å². The number of benzene rings is 4. The molecule has 4 rings (SSSR count). The predicted octanol–water partition coefficient (Wildman–Crippen LogP) is 8.91. The van der Waals surface area contributed by atoms with E-state index >= 15 is 4.39 Å². The van der Waals surface area contributed by atoms with E-state index in [0.717, 1.165) is 42.6 Å². The number of rotatable bonds is 13. The van der Waals surface area contributed by atoms with E-state index in [2.05, 4.69) is 25.1 Å². The predicted molar refractivity (Wildman–Crippen MR) is 151 cm³/mol. The summed E-state index contributed by atoms with van der Waals surface area (Å²) in [4.78, 5) is 0. The summed E-state index contributed by atoms with van der Waals surface area (Å²) in [7, 11) is 0. The van der Waals surface area contributed by atoms with Gasteiger partial charge in [0.2, 0.25) is 0 Å². The summed E-state index contributed by atoms with van der Waals surface area (Å²) >= 11 is 0.